The third-order valence-electron chi connectivity index (χ3n) is 2.97. The van der Waals surface area contributed by atoms with E-state index in [1.807, 2.05) is 31.2 Å². The minimum Gasteiger partial charge on any atom is -0.369 e. The first-order valence-electron chi connectivity index (χ1n) is 5.98. The number of rotatable bonds is 4. The molecule has 1 aromatic heterocycles. The number of anilines is 1. The molecule has 1 heterocycles. The van der Waals surface area contributed by atoms with Crippen molar-refractivity contribution in [1.29, 1.82) is 5.26 Å². The Kier molecular flexibility index (Phi) is 4.13. The molecule has 19 heavy (non-hydrogen) atoms. The third-order valence-corrected chi connectivity index (χ3v) is 4.27. The lowest BCUT2D eigenvalue weighted by Gasteiger charge is -2.11. The van der Waals surface area contributed by atoms with Crippen LogP contribution in [0.4, 0.5) is 5.82 Å². The van der Waals surface area contributed by atoms with Gasteiger partial charge in [-0.3, -0.25) is 4.21 Å². The highest BCUT2D eigenvalue weighted by Crippen LogP contribution is 2.19. The molecular formula is C14H15N3OS. The predicted octanol–water partition coefficient (Wildman–Crippen LogP) is 2.29. The van der Waals surface area contributed by atoms with E-state index in [0.29, 0.717) is 17.9 Å². The topological polar surface area (TPSA) is 65.8 Å². The van der Waals surface area contributed by atoms with Gasteiger partial charge in [0.1, 0.15) is 5.82 Å². The van der Waals surface area contributed by atoms with Gasteiger partial charge in [0.2, 0.25) is 0 Å². The summed E-state index contributed by atoms with van der Waals surface area (Å²) in [4.78, 5) is 4.45. The predicted molar refractivity (Wildman–Crippen MR) is 78.5 cm³/mol. The molecule has 0 aliphatic rings. The minimum absolute atomic E-state index is 0.0406. The summed E-state index contributed by atoms with van der Waals surface area (Å²) in [6.07, 6.45) is 1.68. The van der Waals surface area contributed by atoms with Crippen molar-refractivity contribution in [3.8, 4) is 6.07 Å². The highest BCUT2D eigenvalue weighted by molar-refractivity contribution is 7.84. The summed E-state index contributed by atoms with van der Waals surface area (Å²) in [5.41, 5.74) is 1.38. The van der Waals surface area contributed by atoms with E-state index in [1.165, 1.54) is 0 Å². The van der Waals surface area contributed by atoms with Gasteiger partial charge in [0.25, 0.3) is 0 Å². The molecule has 2 unspecified atom stereocenters. The van der Waals surface area contributed by atoms with Gasteiger partial charge in [-0.15, -0.1) is 0 Å². The Bertz CT molecular complexity index is 663. The molecule has 0 spiro atoms. The van der Waals surface area contributed by atoms with Crippen LogP contribution in [0.25, 0.3) is 10.9 Å². The number of nitrogens with zero attached hydrogens (tertiary/aromatic N) is 2. The van der Waals surface area contributed by atoms with Crippen LogP contribution in [0.1, 0.15) is 12.5 Å². The zero-order valence-electron chi connectivity index (χ0n) is 10.9. The van der Waals surface area contributed by atoms with Crippen LogP contribution in [0.15, 0.2) is 30.3 Å². The van der Waals surface area contributed by atoms with Gasteiger partial charge in [0, 0.05) is 34.2 Å². The number of hydrogen-bond acceptors (Lipinski definition) is 4. The van der Waals surface area contributed by atoms with E-state index in [9.17, 15) is 9.47 Å². The van der Waals surface area contributed by atoms with E-state index in [4.69, 9.17) is 0 Å². The number of fused-ring (bicyclic) bond motifs is 1. The van der Waals surface area contributed by atoms with Gasteiger partial charge in [0.05, 0.1) is 17.1 Å². The van der Waals surface area contributed by atoms with E-state index in [-0.39, 0.29) is 5.25 Å². The molecule has 2 atom stereocenters. The van der Waals surface area contributed by atoms with E-state index in [0.717, 1.165) is 10.9 Å². The zero-order valence-corrected chi connectivity index (χ0v) is 11.7. The molecule has 0 amide bonds. The fourth-order valence-electron chi connectivity index (χ4n) is 1.72. The van der Waals surface area contributed by atoms with Gasteiger partial charge >= 0.3 is 0 Å². The lowest BCUT2D eigenvalue weighted by Crippen LogP contribution is -2.21. The lowest BCUT2D eigenvalue weighted by atomic mass is 10.1. The van der Waals surface area contributed by atoms with Crippen molar-refractivity contribution in [3.63, 3.8) is 0 Å². The van der Waals surface area contributed by atoms with Gasteiger partial charge in [-0.25, -0.2) is 4.98 Å². The van der Waals surface area contributed by atoms with Gasteiger partial charge in [-0.2, -0.15) is 5.26 Å². The number of pyridine rings is 1. The Morgan fingerprint density at radius 2 is 2.21 bits per heavy atom. The smallest absolute Gasteiger partial charge is 0.128 e. The van der Waals surface area contributed by atoms with Crippen molar-refractivity contribution in [3.05, 3.63) is 35.9 Å². The third kappa shape index (κ3) is 3.09. The van der Waals surface area contributed by atoms with Crippen LogP contribution in [0.5, 0.6) is 0 Å². The Balaban J connectivity index is 2.30. The van der Waals surface area contributed by atoms with Crippen LogP contribution in [-0.2, 0) is 10.8 Å². The number of hydrogen-bond donors (Lipinski definition) is 1. The Hall–Kier alpha value is -1.93. The zero-order chi connectivity index (χ0) is 13.8. The van der Waals surface area contributed by atoms with Crippen molar-refractivity contribution in [2.75, 3.05) is 18.1 Å². The highest BCUT2D eigenvalue weighted by atomic mass is 32.2. The van der Waals surface area contributed by atoms with Gasteiger partial charge in [-0.1, -0.05) is 18.2 Å². The molecule has 0 aliphatic heterocycles. The Labute approximate surface area is 114 Å². The number of aromatic nitrogens is 1. The number of para-hydroxylation sites is 1. The molecule has 1 N–H and O–H groups in total. The molecule has 5 heteroatoms. The molecule has 4 nitrogen and oxygen atoms in total. The van der Waals surface area contributed by atoms with E-state index < -0.39 is 10.8 Å². The first-order valence-corrected chi connectivity index (χ1v) is 7.60. The van der Waals surface area contributed by atoms with Crippen molar-refractivity contribution < 1.29 is 4.21 Å². The second-order valence-electron chi connectivity index (χ2n) is 4.37. The van der Waals surface area contributed by atoms with Crippen LogP contribution in [-0.4, -0.2) is 27.2 Å². The molecule has 0 radical (unpaired) electrons. The van der Waals surface area contributed by atoms with Crippen LogP contribution < -0.4 is 5.32 Å². The summed E-state index contributed by atoms with van der Waals surface area (Å²) in [5, 5.41) is 13.2. The first-order chi connectivity index (χ1) is 9.11. The minimum atomic E-state index is -0.874. The molecular weight excluding hydrogens is 258 g/mol. The van der Waals surface area contributed by atoms with Crippen molar-refractivity contribution in [2.24, 2.45) is 0 Å². The van der Waals surface area contributed by atoms with Gasteiger partial charge < -0.3 is 5.32 Å². The molecule has 2 aromatic rings. The maximum Gasteiger partial charge on any atom is 0.128 e. The monoisotopic (exact) mass is 273 g/mol. The molecule has 0 bridgehead atoms. The maximum absolute atomic E-state index is 11.3. The summed E-state index contributed by atoms with van der Waals surface area (Å²) in [6.45, 7) is 2.48. The summed E-state index contributed by atoms with van der Waals surface area (Å²) in [7, 11) is -0.874. The SMILES string of the molecule is CC(CNc1cc(C#N)c2ccccc2n1)S(C)=O. The van der Waals surface area contributed by atoms with Crippen molar-refractivity contribution in [1.82, 2.24) is 4.98 Å². The lowest BCUT2D eigenvalue weighted by molar-refractivity contribution is 0.679. The second-order valence-corrected chi connectivity index (χ2v) is 6.18. The fourth-order valence-corrected chi connectivity index (χ4v) is 2.04. The molecule has 1 aromatic carbocycles. The molecule has 0 aliphatic carbocycles. The molecule has 98 valence electrons. The van der Waals surface area contributed by atoms with Crippen LogP contribution >= 0.6 is 0 Å². The van der Waals surface area contributed by atoms with Crippen LogP contribution in [0.3, 0.4) is 0 Å². The maximum atomic E-state index is 11.3. The number of nitrogens with one attached hydrogen (secondary N) is 1. The summed E-state index contributed by atoms with van der Waals surface area (Å²) in [5.74, 6) is 0.646. The number of nitriles is 1. The van der Waals surface area contributed by atoms with Crippen LogP contribution in [0.2, 0.25) is 0 Å². The van der Waals surface area contributed by atoms with Crippen LogP contribution in [0, 0.1) is 11.3 Å². The number of benzene rings is 1. The molecule has 0 saturated heterocycles. The average Bonchev–Trinajstić information content (AvgIpc) is 2.43. The average molecular weight is 273 g/mol. The summed E-state index contributed by atoms with van der Waals surface area (Å²) in [6, 6.07) is 11.5. The van der Waals surface area contributed by atoms with E-state index >= 15 is 0 Å². The van der Waals surface area contributed by atoms with E-state index in [1.54, 1.807) is 12.3 Å². The van der Waals surface area contributed by atoms with Gasteiger partial charge in [-0.05, 0) is 19.1 Å². The molecule has 0 saturated carbocycles. The van der Waals surface area contributed by atoms with Crippen molar-refractivity contribution in [2.45, 2.75) is 12.2 Å². The standard InChI is InChI=1S/C14H15N3OS/c1-10(19(2)18)9-16-14-7-11(8-15)12-5-3-4-6-13(12)17-14/h3-7,10H,9H2,1-2H3,(H,16,17). The fraction of sp³-hybridized carbons (Fsp3) is 0.286. The Morgan fingerprint density at radius 3 is 2.89 bits per heavy atom. The second kappa shape index (κ2) is 5.81. The highest BCUT2D eigenvalue weighted by Gasteiger charge is 2.08. The van der Waals surface area contributed by atoms with Gasteiger partial charge in [0.15, 0.2) is 0 Å². The quantitative estimate of drug-likeness (QED) is 0.928. The Morgan fingerprint density at radius 1 is 1.47 bits per heavy atom. The molecule has 2 rings (SSSR count). The first kappa shape index (κ1) is 13.5. The van der Waals surface area contributed by atoms with E-state index in [2.05, 4.69) is 16.4 Å². The van der Waals surface area contributed by atoms with Crippen molar-refractivity contribution >= 4 is 27.5 Å². The largest absolute Gasteiger partial charge is 0.369 e. The molecule has 0 fully saturated rings. The summed E-state index contributed by atoms with van der Waals surface area (Å²) < 4.78 is 11.3. The normalized spacial score (nSPS) is 13.7. The summed E-state index contributed by atoms with van der Waals surface area (Å²) >= 11 is 0.